The van der Waals surface area contributed by atoms with Gasteiger partial charge in [0.15, 0.2) is 5.82 Å². The van der Waals surface area contributed by atoms with Crippen LogP contribution in [0, 0.1) is 5.92 Å². The quantitative estimate of drug-likeness (QED) is 0.511. The van der Waals surface area contributed by atoms with E-state index in [9.17, 15) is 0 Å². The molecule has 146 valence electrons. The number of aromatic nitrogens is 3. The molecule has 0 aliphatic carbocycles. The number of halogens is 1. The normalized spacial score (nSPS) is 21.5. The van der Waals surface area contributed by atoms with Crippen molar-refractivity contribution < 1.29 is 9.26 Å². The van der Waals surface area contributed by atoms with Gasteiger partial charge < -0.3 is 14.2 Å². The maximum Gasteiger partial charge on any atom is 0.324 e. The second-order valence-electron chi connectivity index (χ2n) is 7.41. The van der Waals surface area contributed by atoms with Gasteiger partial charge in [-0.05, 0) is 25.7 Å². The molecule has 0 bridgehead atoms. The summed E-state index contributed by atoms with van der Waals surface area (Å²) in [6, 6.07) is 0.639. The van der Waals surface area contributed by atoms with Crippen LogP contribution in [0.1, 0.15) is 51.8 Å². The number of hydrogen-bond donors (Lipinski definition) is 0. The molecule has 2 aromatic rings. The van der Waals surface area contributed by atoms with Crippen molar-refractivity contribution in [2.75, 3.05) is 18.0 Å². The van der Waals surface area contributed by atoms with E-state index in [1.807, 2.05) is 0 Å². The lowest BCUT2D eigenvalue weighted by Gasteiger charge is -2.33. The molecule has 1 fully saturated rings. The highest BCUT2D eigenvalue weighted by Gasteiger charge is 2.28. The molecule has 2 unspecified atom stereocenters. The fraction of sp³-hybridized carbons (Fsp3) is 0.667. The van der Waals surface area contributed by atoms with Gasteiger partial charge in [-0.15, -0.1) is 0 Å². The summed E-state index contributed by atoms with van der Waals surface area (Å²) >= 11 is 5.06. The number of alkyl halides is 1. The minimum atomic E-state index is 0.119. The van der Waals surface area contributed by atoms with Gasteiger partial charge in [0.1, 0.15) is 15.7 Å². The van der Waals surface area contributed by atoms with Gasteiger partial charge in [-0.3, -0.25) is 4.99 Å². The summed E-state index contributed by atoms with van der Waals surface area (Å²) in [5.74, 6) is 1.53. The average Bonchev–Trinajstić information content (AvgIpc) is 3.28. The highest BCUT2D eigenvalue weighted by Crippen LogP contribution is 2.27. The number of ether oxygens (including phenoxy) is 1. The topological polar surface area (TPSA) is 76.6 Å². The van der Waals surface area contributed by atoms with E-state index < -0.39 is 0 Å². The van der Waals surface area contributed by atoms with E-state index >= 15 is 0 Å². The molecule has 2 atom stereocenters. The summed E-state index contributed by atoms with van der Waals surface area (Å²) in [4.78, 5) is 16.0. The lowest BCUT2D eigenvalue weighted by Crippen LogP contribution is -2.38. The SMILES string of the molecule is CC(C)c1noc(N2CCC(C(C)Oc3nc4c(s3)=NC(Br)CC=4)CC2)n1. The van der Waals surface area contributed by atoms with Crippen LogP contribution in [0.3, 0.4) is 0 Å². The van der Waals surface area contributed by atoms with E-state index in [4.69, 9.17) is 9.26 Å². The van der Waals surface area contributed by atoms with Gasteiger partial charge in [0.05, 0.1) is 5.35 Å². The third-order valence-electron chi connectivity index (χ3n) is 5.09. The van der Waals surface area contributed by atoms with Crippen LogP contribution < -0.4 is 19.7 Å². The summed E-state index contributed by atoms with van der Waals surface area (Å²) in [5, 5.41) is 5.73. The first-order chi connectivity index (χ1) is 13.0. The molecule has 2 aliphatic heterocycles. The molecule has 0 radical (unpaired) electrons. The van der Waals surface area contributed by atoms with E-state index in [0.29, 0.717) is 11.9 Å². The van der Waals surface area contributed by atoms with Crippen LogP contribution in [-0.4, -0.2) is 39.3 Å². The van der Waals surface area contributed by atoms with Crippen LogP contribution in [0.2, 0.25) is 0 Å². The number of thiazole rings is 1. The summed E-state index contributed by atoms with van der Waals surface area (Å²) in [6.07, 6.45) is 5.17. The number of piperidine rings is 1. The molecule has 0 amide bonds. The van der Waals surface area contributed by atoms with Gasteiger partial charge in [-0.25, -0.2) is 4.98 Å². The summed E-state index contributed by atoms with van der Waals surface area (Å²) in [5.41, 5.74) is 0. The molecule has 2 aromatic heterocycles. The third-order valence-corrected chi connectivity index (χ3v) is 6.53. The predicted octanol–water partition coefficient (Wildman–Crippen LogP) is 2.86. The first-order valence-corrected chi connectivity index (χ1v) is 11.2. The molecule has 1 saturated heterocycles. The van der Waals surface area contributed by atoms with Crippen molar-refractivity contribution in [2.45, 2.75) is 57.0 Å². The zero-order valence-corrected chi connectivity index (χ0v) is 18.2. The monoisotopic (exact) mass is 453 g/mol. The minimum absolute atomic E-state index is 0.119. The molecule has 0 N–H and O–H groups in total. The number of nitrogens with zero attached hydrogens (tertiary/aromatic N) is 5. The third kappa shape index (κ3) is 4.18. The largest absolute Gasteiger partial charge is 0.467 e. The Morgan fingerprint density at radius 2 is 2.04 bits per heavy atom. The van der Waals surface area contributed by atoms with Crippen LogP contribution in [0.15, 0.2) is 9.52 Å². The standard InChI is InChI=1S/C18H24BrN5O2S/c1-10(2)15-22-17(26-23-15)24-8-6-12(7-9-24)11(3)25-18-20-13-4-5-14(19)21-16(13)27-18/h4,10-12,14H,5-9H2,1-3H3. The molecule has 0 saturated carbocycles. The van der Waals surface area contributed by atoms with Crippen molar-refractivity contribution in [1.29, 1.82) is 0 Å². The Morgan fingerprint density at radius 3 is 2.74 bits per heavy atom. The smallest absolute Gasteiger partial charge is 0.324 e. The van der Waals surface area contributed by atoms with Crippen LogP contribution in [0.4, 0.5) is 6.01 Å². The second-order valence-corrected chi connectivity index (χ2v) is 9.41. The predicted molar refractivity (Wildman–Crippen MR) is 108 cm³/mol. The van der Waals surface area contributed by atoms with Gasteiger partial charge in [-0.1, -0.05) is 52.3 Å². The Balaban J connectivity index is 1.35. The van der Waals surface area contributed by atoms with E-state index in [1.165, 1.54) is 11.3 Å². The molecule has 2 aliphatic rings. The van der Waals surface area contributed by atoms with E-state index in [2.05, 4.69) is 67.8 Å². The maximum atomic E-state index is 6.16. The summed E-state index contributed by atoms with van der Waals surface area (Å²) in [6.45, 7) is 8.08. The molecule has 4 heterocycles. The average molecular weight is 454 g/mol. The molecule has 27 heavy (non-hydrogen) atoms. The number of fused-ring (bicyclic) bond motifs is 1. The fourth-order valence-corrected chi connectivity index (χ4v) is 4.82. The second kappa shape index (κ2) is 7.87. The van der Waals surface area contributed by atoms with Crippen molar-refractivity contribution in [3.8, 4) is 5.19 Å². The Morgan fingerprint density at radius 1 is 1.26 bits per heavy atom. The summed E-state index contributed by atoms with van der Waals surface area (Å²) < 4.78 is 12.5. The number of anilines is 1. The van der Waals surface area contributed by atoms with Gasteiger partial charge in [0.2, 0.25) is 0 Å². The van der Waals surface area contributed by atoms with Crippen molar-refractivity contribution in [2.24, 2.45) is 10.9 Å². The van der Waals surface area contributed by atoms with Crippen molar-refractivity contribution in [1.82, 2.24) is 15.1 Å². The molecule has 4 rings (SSSR count). The van der Waals surface area contributed by atoms with Gasteiger partial charge in [0, 0.05) is 25.4 Å². The highest BCUT2D eigenvalue weighted by molar-refractivity contribution is 9.09. The van der Waals surface area contributed by atoms with E-state index in [0.717, 1.165) is 53.4 Å². The van der Waals surface area contributed by atoms with Crippen LogP contribution in [0.25, 0.3) is 6.08 Å². The molecular weight excluding hydrogens is 430 g/mol. The van der Waals surface area contributed by atoms with Gasteiger partial charge >= 0.3 is 6.01 Å². The van der Waals surface area contributed by atoms with Crippen LogP contribution in [-0.2, 0) is 0 Å². The van der Waals surface area contributed by atoms with E-state index in [-0.39, 0.29) is 17.0 Å². The van der Waals surface area contributed by atoms with Crippen LogP contribution >= 0.6 is 27.3 Å². The van der Waals surface area contributed by atoms with Crippen molar-refractivity contribution in [3.05, 3.63) is 15.8 Å². The Labute approximate surface area is 170 Å². The Bertz CT molecular complexity index is 903. The zero-order chi connectivity index (χ0) is 19.0. The van der Waals surface area contributed by atoms with E-state index in [1.54, 1.807) is 0 Å². The first-order valence-electron chi connectivity index (χ1n) is 9.43. The number of rotatable bonds is 5. The Hall–Kier alpha value is -1.48. The lowest BCUT2D eigenvalue weighted by atomic mass is 9.92. The Kier molecular flexibility index (Phi) is 5.50. The molecular formula is C18H24BrN5O2S. The zero-order valence-electron chi connectivity index (χ0n) is 15.8. The van der Waals surface area contributed by atoms with Gasteiger partial charge in [-0.2, -0.15) is 4.98 Å². The molecule has 9 heteroatoms. The first kappa shape index (κ1) is 18.9. The fourth-order valence-electron chi connectivity index (χ4n) is 3.37. The molecule has 0 spiro atoms. The van der Waals surface area contributed by atoms with Crippen molar-refractivity contribution >= 4 is 39.4 Å². The highest BCUT2D eigenvalue weighted by atomic mass is 79.9. The minimum Gasteiger partial charge on any atom is -0.467 e. The van der Waals surface area contributed by atoms with Crippen molar-refractivity contribution in [3.63, 3.8) is 0 Å². The summed E-state index contributed by atoms with van der Waals surface area (Å²) in [7, 11) is 0. The molecule has 0 aromatic carbocycles. The maximum absolute atomic E-state index is 6.16. The molecule has 7 nitrogen and oxygen atoms in total. The van der Waals surface area contributed by atoms with Crippen LogP contribution in [0.5, 0.6) is 5.19 Å². The van der Waals surface area contributed by atoms with Gasteiger partial charge in [0.25, 0.3) is 5.19 Å². The number of hydrogen-bond acceptors (Lipinski definition) is 8. The lowest BCUT2D eigenvalue weighted by molar-refractivity contribution is 0.131.